The van der Waals surface area contributed by atoms with E-state index in [1.54, 1.807) is 30.7 Å². The molecule has 6 nitrogen and oxygen atoms in total. The molecule has 0 fully saturated rings. The van der Waals surface area contributed by atoms with Gasteiger partial charge in [0.2, 0.25) is 5.95 Å². The van der Waals surface area contributed by atoms with E-state index in [1.165, 1.54) is 12.1 Å². The van der Waals surface area contributed by atoms with Crippen molar-refractivity contribution in [3.05, 3.63) is 48.7 Å². The highest BCUT2D eigenvalue weighted by Crippen LogP contribution is 2.30. The fourth-order valence-electron chi connectivity index (χ4n) is 2.61. The van der Waals surface area contributed by atoms with Gasteiger partial charge in [0, 0.05) is 24.8 Å². The number of nitrogens with zero attached hydrogens (tertiary/aromatic N) is 4. The molecule has 1 aromatic carbocycles. The minimum absolute atomic E-state index is 0.0388. The van der Waals surface area contributed by atoms with Crippen molar-refractivity contribution in [3.63, 3.8) is 0 Å². The van der Waals surface area contributed by atoms with Gasteiger partial charge >= 0.3 is 0 Å². The molecule has 2 N–H and O–H groups in total. The molecule has 136 valence electrons. The fourth-order valence-corrected chi connectivity index (χ4v) is 2.61. The highest BCUT2D eigenvalue weighted by atomic mass is 19.1. The lowest BCUT2D eigenvalue weighted by Gasteiger charge is -2.11. The number of nitrogens with one attached hydrogen (secondary N) is 1. The molecule has 0 saturated heterocycles. The largest absolute Gasteiger partial charge is 0.395 e. The molecule has 2 heterocycles. The second kappa shape index (κ2) is 8.48. The molecule has 0 unspecified atom stereocenters. The minimum atomic E-state index is -0.434. The molecule has 0 aliphatic heterocycles. The SMILES string of the molecule is OCCNc1nccc(-c2c(-c3ccc(F)cc3)ncn2CCCF)n1. The third-order valence-corrected chi connectivity index (χ3v) is 3.78. The van der Waals surface area contributed by atoms with Gasteiger partial charge in [0.15, 0.2) is 0 Å². The zero-order chi connectivity index (χ0) is 18.4. The monoisotopic (exact) mass is 359 g/mol. The molecule has 0 aliphatic carbocycles. The third kappa shape index (κ3) is 4.02. The van der Waals surface area contributed by atoms with Gasteiger partial charge in [-0.25, -0.2) is 19.3 Å². The van der Waals surface area contributed by atoms with Crippen molar-refractivity contribution in [2.75, 3.05) is 25.1 Å². The Kier molecular flexibility index (Phi) is 5.85. The van der Waals surface area contributed by atoms with E-state index in [0.717, 1.165) is 5.56 Å². The second-order valence-corrected chi connectivity index (χ2v) is 5.60. The molecule has 2 aromatic heterocycles. The summed E-state index contributed by atoms with van der Waals surface area (Å²) in [5.74, 6) is 0.0459. The summed E-state index contributed by atoms with van der Waals surface area (Å²) in [6.45, 7) is 0.304. The number of halogens is 2. The summed E-state index contributed by atoms with van der Waals surface area (Å²) >= 11 is 0. The lowest BCUT2D eigenvalue weighted by molar-refractivity contribution is 0.311. The Bertz CT molecular complexity index is 851. The lowest BCUT2D eigenvalue weighted by Crippen LogP contribution is -2.09. The van der Waals surface area contributed by atoms with E-state index in [0.29, 0.717) is 42.5 Å². The normalized spacial score (nSPS) is 10.9. The summed E-state index contributed by atoms with van der Waals surface area (Å²) in [7, 11) is 0. The van der Waals surface area contributed by atoms with Gasteiger partial charge in [0.1, 0.15) is 5.82 Å². The highest BCUT2D eigenvalue weighted by molar-refractivity contribution is 5.77. The van der Waals surface area contributed by atoms with E-state index < -0.39 is 6.67 Å². The molecule has 0 aliphatic rings. The molecule has 0 atom stereocenters. The first-order chi connectivity index (χ1) is 12.7. The van der Waals surface area contributed by atoms with E-state index in [9.17, 15) is 8.78 Å². The van der Waals surface area contributed by atoms with Crippen LogP contribution in [0.2, 0.25) is 0 Å². The quantitative estimate of drug-likeness (QED) is 0.647. The van der Waals surface area contributed by atoms with E-state index in [-0.39, 0.29) is 12.4 Å². The summed E-state index contributed by atoms with van der Waals surface area (Å²) < 4.78 is 27.7. The summed E-state index contributed by atoms with van der Waals surface area (Å²) in [6, 6.07) is 7.77. The van der Waals surface area contributed by atoms with Crippen molar-refractivity contribution >= 4 is 5.95 Å². The van der Waals surface area contributed by atoms with Gasteiger partial charge in [-0.05, 0) is 36.8 Å². The number of aromatic nitrogens is 4. The first-order valence-corrected chi connectivity index (χ1v) is 8.28. The van der Waals surface area contributed by atoms with Gasteiger partial charge in [-0.15, -0.1) is 0 Å². The van der Waals surface area contributed by atoms with Gasteiger partial charge in [-0.3, -0.25) is 4.39 Å². The van der Waals surface area contributed by atoms with Crippen LogP contribution in [-0.4, -0.2) is 44.5 Å². The Balaban J connectivity index is 2.05. The first-order valence-electron chi connectivity index (χ1n) is 8.28. The molecule has 3 rings (SSSR count). The summed E-state index contributed by atoms with van der Waals surface area (Å²) in [6.07, 6.45) is 3.59. The van der Waals surface area contributed by atoms with E-state index >= 15 is 0 Å². The van der Waals surface area contributed by atoms with Crippen LogP contribution in [-0.2, 0) is 6.54 Å². The van der Waals surface area contributed by atoms with Crippen molar-refractivity contribution in [2.45, 2.75) is 13.0 Å². The molecule has 0 amide bonds. The van der Waals surface area contributed by atoms with Crippen LogP contribution in [0.15, 0.2) is 42.9 Å². The predicted molar refractivity (Wildman–Crippen MR) is 94.8 cm³/mol. The van der Waals surface area contributed by atoms with Crippen molar-refractivity contribution in [3.8, 4) is 22.6 Å². The topological polar surface area (TPSA) is 75.9 Å². The number of rotatable bonds is 8. The maximum Gasteiger partial charge on any atom is 0.223 e. The van der Waals surface area contributed by atoms with Crippen molar-refractivity contribution in [1.29, 1.82) is 0 Å². The number of benzene rings is 1. The van der Waals surface area contributed by atoms with Crippen LogP contribution < -0.4 is 5.32 Å². The van der Waals surface area contributed by atoms with E-state index in [4.69, 9.17) is 5.11 Å². The standard InChI is InChI=1S/C18H19F2N5O/c19-7-1-10-25-12-23-16(13-2-4-14(20)5-3-13)17(25)15-6-8-21-18(24-15)22-9-11-26/h2-6,8,12,26H,1,7,9-11H2,(H,21,22,24). The van der Waals surface area contributed by atoms with Gasteiger partial charge in [-0.2, -0.15) is 0 Å². The van der Waals surface area contributed by atoms with Crippen molar-refractivity contribution in [1.82, 2.24) is 19.5 Å². The van der Waals surface area contributed by atoms with Crippen molar-refractivity contribution < 1.29 is 13.9 Å². The van der Waals surface area contributed by atoms with Crippen LogP contribution in [0.4, 0.5) is 14.7 Å². The number of aryl methyl sites for hydroxylation is 1. The van der Waals surface area contributed by atoms with Gasteiger partial charge in [-0.1, -0.05) is 0 Å². The number of hydrogen-bond acceptors (Lipinski definition) is 5. The molecular formula is C18H19F2N5O. The Labute approximate surface area is 149 Å². The van der Waals surface area contributed by atoms with Crippen LogP contribution in [0.5, 0.6) is 0 Å². The molecule has 0 spiro atoms. The Morgan fingerprint density at radius 3 is 2.65 bits per heavy atom. The second-order valence-electron chi connectivity index (χ2n) is 5.60. The number of aliphatic hydroxyl groups excluding tert-OH is 1. The van der Waals surface area contributed by atoms with Crippen LogP contribution in [0.3, 0.4) is 0 Å². The number of alkyl halides is 1. The predicted octanol–water partition coefficient (Wildman–Crippen LogP) is 2.91. The Morgan fingerprint density at radius 1 is 1.12 bits per heavy atom. The molecule has 3 aromatic rings. The van der Waals surface area contributed by atoms with E-state index in [1.807, 2.05) is 4.57 Å². The van der Waals surface area contributed by atoms with Crippen LogP contribution in [0, 0.1) is 5.82 Å². The molecule has 0 saturated carbocycles. The molecular weight excluding hydrogens is 340 g/mol. The van der Waals surface area contributed by atoms with E-state index in [2.05, 4.69) is 20.3 Å². The average Bonchev–Trinajstić information content (AvgIpc) is 3.09. The fraction of sp³-hybridized carbons (Fsp3) is 0.278. The van der Waals surface area contributed by atoms with Crippen molar-refractivity contribution in [2.24, 2.45) is 0 Å². The van der Waals surface area contributed by atoms with Gasteiger partial charge < -0.3 is 15.0 Å². The summed E-state index contributed by atoms with van der Waals surface area (Å²) in [5, 5.41) is 11.9. The van der Waals surface area contributed by atoms with Gasteiger partial charge in [0.25, 0.3) is 0 Å². The number of imidazole rings is 1. The number of hydrogen-bond donors (Lipinski definition) is 2. The minimum Gasteiger partial charge on any atom is -0.395 e. The smallest absolute Gasteiger partial charge is 0.223 e. The maximum absolute atomic E-state index is 13.3. The maximum atomic E-state index is 13.3. The molecule has 0 radical (unpaired) electrons. The molecule has 26 heavy (non-hydrogen) atoms. The average molecular weight is 359 g/mol. The zero-order valence-electron chi connectivity index (χ0n) is 14.1. The van der Waals surface area contributed by atoms with Crippen LogP contribution >= 0.6 is 0 Å². The van der Waals surface area contributed by atoms with Crippen LogP contribution in [0.1, 0.15) is 6.42 Å². The zero-order valence-corrected chi connectivity index (χ0v) is 14.1. The molecule has 0 bridgehead atoms. The summed E-state index contributed by atoms with van der Waals surface area (Å²) in [4.78, 5) is 13.0. The first kappa shape index (κ1) is 17.9. The summed E-state index contributed by atoms with van der Waals surface area (Å²) in [5.41, 5.74) is 2.69. The van der Waals surface area contributed by atoms with Crippen LogP contribution in [0.25, 0.3) is 22.6 Å². The third-order valence-electron chi connectivity index (χ3n) is 3.78. The molecule has 8 heteroatoms. The Morgan fingerprint density at radius 2 is 1.92 bits per heavy atom. The Hall–Kier alpha value is -2.87. The number of anilines is 1. The van der Waals surface area contributed by atoms with Gasteiger partial charge in [0.05, 0.1) is 36.7 Å². The number of aliphatic hydroxyl groups is 1. The highest BCUT2D eigenvalue weighted by Gasteiger charge is 2.17. The lowest BCUT2D eigenvalue weighted by atomic mass is 10.1.